The Morgan fingerprint density at radius 1 is 1.11 bits per heavy atom. The zero-order chi connectivity index (χ0) is 13.2. The van der Waals surface area contributed by atoms with Crippen molar-refractivity contribution in [2.24, 2.45) is 7.05 Å². The third kappa shape index (κ3) is 2.49. The normalized spacial score (nSPS) is 10.8. The van der Waals surface area contributed by atoms with Crippen LogP contribution in [0.4, 0.5) is 5.69 Å². The van der Waals surface area contributed by atoms with Crippen LogP contribution in [0.3, 0.4) is 0 Å². The molecule has 0 aliphatic heterocycles. The maximum absolute atomic E-state index is 5.68. The molecule has 0 unspecified atom stereocenters. The van der Waals surface area contributed by atoms with E-state index >= 15 is 0 Å². The topological polar surface area (TPSA) is 61.7 Å². The predicted octanol–water partition coefficient (Wildman–Crippen LogP) is 1.91. The third-order valence-electron chi connectivity index (χ3n) is 2.97. The number of nitrogen functional groups attached to an aromatic ring is 1. The Kier molecular flexibility index (Phi) is 2.79. The van der Waals surface area contributed by atoms with Crippen molar-refractivity contribution in [2.45, 2.75) is 6.54 Å². The van der Waals surface area contributed by atoms with Crippen LogP contribution < -0.4 is 5.73 Å². The van der Waals surface area contributed by atoms with Crippen molar-refractivity contribution < 1.29 is 0 Å². The Morgan fingerprint density at radius 3 is 2.58 bits per heavy atom. The van der Waals surface area contributed by atoms with Gasteiger partial charge in [0.25, 0.3) is 0 Å². The summed E-state index contributed by atoms with van der Waals surface area (Å²) in [4.78, 5) is 0. The van der Waals surface area contributed by atoms with Crippen molar-refractivity contribution in [2.75, 3.05) is 5.73 Å². The first-order valence-electron chi connectivity index (χ1n) is 6.07. The highest BCUT2D eigenvalue weighted by Crippen LogP contribution is 2.19. The van der Waals surface area contributed by atoms with Gasteiger partial charge in [-0.25, -0.2) is 0 Å². The monoisotopic (exact) mass is 253 g/mol. The van der Waals surface area contributed by atoms with Crippen LogP contribution in [0, 0.1) is 0 Å². The first-order valence-corrected chi connectivity index (χ1v) is 6.07. The van der Waals surface area contributed by atoms with Gasteiger partial charge in [-0.05, 0) is 23.8 Å². The van der Waals surface area contributed by atoms with Gasteiger partial charge in [0.1, 0.15) is 0 Å². The molecule has 3 rings (SSSR count). The molecule has 0 saturated carbocycles. The number of hydrogen-bond donors (Lipinski definition) is 1. The molecule has 0 aliphatic carbocycles. The lowest BCUT2D eigenvalue weighted by Gasteiger charge is -1.98. The predicted molar refractivity (Wildman–Crippen MR) is 74.4 cm³/mol. The summed E-state index contributed by atoms with van der Waals surface area (Å²) < 4.78 is 3.67. The second-order valence-corrected chi connectivity index (χ2v) is 4.53. The largest absolute Gasteiger partial charge is 0.399 e. The van der Waals surface area contributed by atoms with E-state index in [1.807, 2.05) is 60.7 Å². The second-order valence-electron chi connectivity index (χ2n) is 4.53. The molecule has 19 heavy (non-hydrogen) atoms. The minimum absolute atomic E-state index is 0.676. The van der Waals surface area contributed by atoms with Gasteiger partial charge in [0.05, 0.1) is 18.4 Å². The fourth-order valence-electron chi connectivity index (χ4n) is 1.99. The summed E-state index contributed by atoms with van der Waals surface area (Å²) in [7, 11) is 1.91. The van der Waals surface area contributed by atoms with Crippen molar-refractivity contribution in [1.82, 2.24) is 19.6 Å². The number of rotatable bonds is 3. The van der Waals surface area contributed by atoms with E-state index < -0.39 is 0 Å². The molecule has 3 aromatic rings. The van der Waals surface area contributed by atoms with Gasteiger partial charge in [0.15, 0.2) is 0 Å². The highest BCUT2D eigenvalue weighted by atomic mass is 15.3. The summed E-state index contributed by atoms with van der Waals surface area (Å²) in [6.07, 6.45) is 5.80. The van der Waals surface area contributed by atoms with E-state index in [9.17, 15) is 0 Å². The van der Waals surface area contributed by atoms with Gasteiger partial charge in [0.2, 0.25) is 0 Å². The van der Waals surface area contributed by atoms with Crippen molar-refractivity contribution in [3.05, 3.63) is 54.6 Å². The van der Waals surface area contributed by atoms with Gasteiger partial charge in [0, 0.05) is 30.7 Å². The molecule has 2 aromatic heterocycles. The third-order valence-corrected chi connectivity index (χ3v) is 2.97. The number of benzene rings is 1. The van der Waals surface area contributed by atoms with E-state index in [1.54, 1.807) is 4.68 Å². The molecule has 5 heteroatoms. The summed E-state index contributed by atoms with van der Waals surface area (Å²) >= 11 is 0. The van der Waals surface area contributed by atoms with Gasteiger partial charge in [-0.15, -0.1) is 0 Å². The molecule has 0 atom stereocenters. The molecule has 96 valence electrons. The zero-order valence-electron chi connectivity index (χ0n) is 10.7. The number of anilines is 1. The summed E-state index contributed by atoms with van der Waals surface area (Å²) in [5.41, 5.74) is 9.64. The molecule has 1 aromatic carbocycles. The average Bonchev–Trinajstić information content (AvgIpc) is 3.00. The molecule has 0 fully saturated rings. The Bertz CT molecular complexity index is 678. The lowest BCUT2D eigenvalue weighted by atomic mass is 10.1. The standard InChI is InChI=1S/C14H15N5/c1-18-7-6-14(17-18)10-19-9-12(8-16-19)11-2-4-13(15)5-3-11/h2-9H,10,15H2,1H3. The van der Waals surface area contributed by atoms with E-state index in [0.29, 0.717) is 6.54 Å². The molecule has 2 heterocycles. The molecule has 0 aliphatic rings. The zero-order valence-corrected chi connectivity index (χ0v) is 10.7. The SMILES string of the molecule is Cn1ccc(Cn2cc(-c3ccc(N)cc3)cn2)n1. The van der Waals surface area contributed by atoms with Crippen LogP contribution in [0.5, 0.6) is 0 Å². The molecule has 0 radical (unpaired) electrons. The smallest absolute Gasteiger partial charge is 0.0850 e. The first kappa shape index (κ1) is 11.5. The Hall–Kier alpha value is -2.56. The number of aromatic nitrogens is 4. The van der Waals surface area contributed by atoms with E-state index in [0.717, 1.165) is 22.5 Å². The average molecular weight is 253 g/mol. The first-order chi connectivity index (χ1) is 9.20. The molecule has 0 spiro atoms. The number of nitrogens with two attached hydrogens (primary N) is 1. The van der Waals surface area contributed by atoms with E-state index in [4.69, 9.17) is 5.73 Å². The van der Waals surface area contributed by atoms with Gasteiger partial charge in [-0.1, -0.05) is 12.1 Å². The minimum atomic E-state index is 0.676. The maximum atomic E-state index is 5.68. The van der Waals surface area contributed by atoms with Crippen LogP contribution in [-0.2, 0) is 13.6 Å². The number of aryl methyl sites for hydroxylation is 1. The van der Waals surface area contributed by atoms with Gasteiger partial charge in [-0.3, -0.25) is 9.36 Å². The quantitative estimate of drug-likeness (QED) is 0.725. The van der Waals surface area contributed by atoms with E-state index in [2.05, 4.69) is 10.2 Å². The summed E-state index contributed by atoms with van der Waals surface area (Å²) in [6.45, 7) is 0.676. The minimum Gasteiger partial charge on any atom is -0.399 e. The maximum Gasteiger partial charge on any atom is 0.0850 e. The van der Waals surface area contributed by atoms with Gasteiger partial charge in [-0.2, -0.15) is 10.2 Å². The second kappa shape index (κ2) is 4.61. The molecular weight excluding hydrogens is 238 g/mol. The fourth-order valence-corrected chi connectivity index (χ4v) is 1.99. The highest BCUT2D eigenvalue weighted by molar-refractivity contribution is 5.63. The summed E-state index contributed by atoms with van der Waals surface area (Å²) in [5, 5.41) is 8.69. The molecule has 0 amide bonds. The lowest BCUT2D eigenvalue weighted by Crippen LogP contribution is -2.01. The van der Waals surface area contributed by atoms with Crippen molar-refractivity contribution >= 4 is 5.69 Å². The van der Waals surface area contributed by atoms with E-state index in [-0.39, 0.29) is 0 Å². The Labute approximate surface area is 111 Å². The van der Waals surface area contributed by atoms with Crippen molar-refractivity contribution in [3.63, 3.8) is 0 Å². The summed E-state index contributed by atoms with van der Waals surface area (Å²) in [5.74, 6) is 0. The molecule has 0 bridgehead atoms. The van der Waals surface area contributed by atoms with E-state index in [1.165, 1.54) is 0 Å². The van der Waals surface area contributed by atoms with Crippen LogP contribution in [0.25, 0.3) is 11.1 Å². The van der Waals surface area contributed by atoms with Crippen LogP contribution in [0.2, 0.25) is 0 Å². The molecule has 5 nitrogen and oxygen atoms in total. The van der Waals surface area contributed by atoms with Crippen LogP contribution in [-0.4, -0.2) is 19.6 Å². The molecule has 0 saturated heterocycles. The summed E-state index contributed by atoms with van der Waals surface area (Å²) in [6, 6.07) is 9.77. The van der Waals surface area contributed by atoms with Crippen molar-refractivity contribution in [3.8, 4) is 11.1 Å². The molecule has 2 N–H and O–H groups in total. The lowest BCUT2D eigenvalue weighted by molar-refractivity contribution is 0.650. The number of nitrogens with zero attached hydrogens (tertiary/aromatic N) is 4. The number of hydrogen-bond acceptors (Lipinski definition) is 3. The van der Waals surface area contributed by atoms with Gasteiger partial charge < -0.3 is 5.73 Å². The fraction of sp³-hybridized carbons (Fsp3) is 0.143. The Morgan fingerprint density at radius 2 is 1.89 bits per heavy atom. The van der Waals surface area contributed by atoms with Crippen molar-refractivity contribution in [1.29, 1.82) is 0 Å². The highest BCUT2D eigenvalue weighted by Gasteiger charge is 2.03. The van der Waals surface area contributed by atoms with Crippen LogP contribution in [0.1, 0.15) is 5.69 Å². The van der Waals surface area contributed by atoms with Crippen LogP contribution >= 0.6 is 0 Å². The Balaban J connectivity index is 1.81. The van der Waals surface area contributed by atoms with Gasteiger partial charge >= 0.3 is 0 Å². The van der Waals surface area contributed by atoms with Crippen LogP contribution in [0.15, 0.2) is 48.9 Å². The molecular formula is C14H15N5.